The van der Waals surface area contributed by atoms with Gasteiger partial charge < -0.3 is 10.6 Å². The molecule has 0 fully saturated rings. The van der Waals surface area contributed by atoms with Crippen molar-refractivity contribution in [1.82, 2.24) is 10.3 Å². The van der Waals surface area contributed by atoms with E-state index in [1.54, 1.807) is 0 Å². The van der Waals surface area contributed by atoms with E-state index in [0.29, 0.717) is 12.2 Å². The zero-order valence-electron chi connectivity index (χ0n) is 11.2. The molecule has 2 aromatic rings. The molecule has 0 spiro atoms. The number of rotatable bonds is 3. The highest BCUT2D eigenvalue weighted by Crippen LogP contribution is 2.29. The average Bonchev–Trinajstić information content (AvgIpc) is 2.92. The van der Waals surface area contributed by atoms with Gasteiger partial charge in [-0.25, -0.2) is 0 Å². The Bertz CT molecular complexity index is 653. The molecule has 2 heterocycles. The minimum Gasteiger partial charge on any atom is -0.381 e. The minimum atomic E-state index is -4.42. The SMILES string of the molecule is FC(F)(F)c1cc(NCc2ccc3c(c2)CNC3)ccn1. The molecular weight excluding hydrogens is 279 g/mol. The molecule has 1 aliphatic heterocycles. The molecule has 0 bridgehead atoms. The summed E-state index contributed by atoms with van der Waals surface area (Å²) in [5.41, 5.74) is 3.10. The van der Waals surface area contributed by atoms with E-state index in [2.05, 4.69) is 27.8 Å². The zero-order valence-corrected chi connectivity index (χ0v) is 11.2. The Labute approximate surface area is 120 Å². The quantitative estimate of drug-likeness (QED) is 0.911. The van der Waals surface area contributed by atoms with Gasteiger partial charge in [0.2, 0.25) is 0 Å². The zero-order chi connectivity index (χ0) is 14.9. The van der Waals surface area contributed by atoms with E-state index in [1.807, 2.05) is 6.07 Å². The van der Waals surface area contributed by atoms with Crippen LogP contribution in [0.3, 0.4) is 0 Å². The van der Waals surface area contributed by atoms with Crippen molar-refractivity contribution in [1.29, 1.82) is 0 Å². The topological polar surface area (TPSA) is 37.0 Å². The first-order valence-electron chi connectivity index (χ1n) is 6.61. The lowest BCUT2D eigenvalue weighted by Crippen LogP contribution is -2.09. The van der Waals surface area contributed by atoms with Crippen molar-refractivity contribution in [3.8, 4) is 0 Å². The second kappa shape index (κ2) is 5.37. The van der Waals surface area contributed by atoms with E-state index in [4.69, 9.17) is 0 Å². The Kier molecular flexibility index (Phi) is 3.55. The van der Waals surface area contributed by atoms with E-state index in [-0.39, 0.29) is 0 Å². The third-order valence-electron chi connectivity index (χ3n) is 3.45. The number of pyridine rings is 1. The van der Waals surface area contributed by atoms with Crippen LogP contribution in [0.15, 0.2) is 36.5 Å². The van der Waals surface area contributed by atoms with E-state index in [1.165, 1.54) is 17.2 Å². The van der Waals surface area contributed by atoms with Gasteiger partial charge in [-0.2, -0.15) is 13.2 Å². The monoisotopic (exact) mass is 293 g/mol. The van der Waals surface area contributed by atoms with Gasteiger partial charge in [-0.15, -0.1) is 0 Å². The van der Waals surface area contributed by atoms with Gasteiger partial charge in [-0.05, 0) is 28.8 Å². The standard InChI is InChI=1S/C15H14F3N3/c16-15(17,18)14-6-13(3-4-20-14)21-7-10-1-2-11-8-19-9-12(11)5-10/h1-6,19H,7-9H2,(H,20,21). The molecule has 0 saturated carbocycles. The Morgan fingerprint density at radius 1 is 1.10 bits per heavy atom. The molecule has 0 amide bonds. The molecule has 110 valence electrons. The van der Waals surface area contributed by atoms with E-state index < -0.39 is 11.9 Å². The largest absolute Gasteiger partial charge is 0.433 e. The maximum atomic E-state index is 12.6. The number of halogens is 3. The van der Waals surface area contributed by atoms with E-state index in [9.17, 15) is 13.2 Å². The molecule has 3 nitrogen and oxygen atoms in total. The van der Waals surface area contributed by atoms with Crippen LogP contribution >= 0.6 is 0 Å². The Balaban J connectivity index is 1.70. The highest BCUT2D eigenvalue weighted by atomic mass is 19.4. The first-order chi connectivity index (χ1) is 10.0. The van der Waals surface area contributed by atoms with Crippen molar-refractivity contribution in [2.75, 3.05) is 5.32 Å². The van der Waals surface area contributed by atoms with Gasteiger partial charge in [-0.3, -0.25) is 4.98 Å². The van der Waals surface area contributed by atoms with Crippen molar-refractivity contribution in [2.24, 2.45) is 0 Å². The van der Waals surface area contributed by atoms with Gasteiger partial charge in [0.05, 0.1) is 0 Å². The lowest BCUT2D eigenvalue weighted by molar-refractivity contribution is -0.141. The lowest BCUT2D eigenvalue weighted by Gasteiger charge is -2.10. The third-order valence-corrected chi connectivity index (χ3v) is 3.45. The van der Waals surface area contributed by atoms with Gasteiger partial charge in [0.15, 0.2) is 0 Å². The molecule has 0 aliphatic carbocycles. The number of nitrogens with zero attached hydrogens (tertiary/aromatic N) is 1. The van der Waals surface area contributed by atoms with Crippen molar-refractivity contribution in [3.63, 3.8) is 0 Å². The Hall–Kier alpha value is -2.08. The van der Waals surface area contributed by atoms with Crippen molar-refractivity contribution < 1.29 is 13.2 Å². The summed E-state index contributed by atoms with van der Waals surface area (Å²) in [5, 5.41) is 6.26. The van der Waals surface area contributed by atoms with Crippen LogP contribution in [-0.2, 0) is 25.8 Å². The van der Waals surface area contributed by atoms with Crippen LogP contribution in [0.1, 0.15) is 22.4 Å². The molecule has 0 unspecified atom stereocenters. The highest BCUT2D eigenvalue weighted by Gasteiger charge is 2.32. The molecule has 0 saturated heterocycles. The Morgan fingerprint density at radius 2 is 1.90 bits per heavy atom. The summed E-state index contributed by atoms with van der Waals surface area (Å²) >= 11 is 0. The summed E-state index contributed by atoms with van der Waals surface area (Å²) < 4.78 is 37.8. The van der Waals surface area contributed by atoms with Crippen molar-refractivity contribution in [2.45, 2.75) is 25.8 Å². The van der Waals surface area contributed by atoms with Gasteiger partial charge >= 0.3 is 6.18 Å². The number of alkyl halides is 3. The van der Waals surface area contributed by atoms with Gasteiger partial charge in [0.1, 0.15) is 5.69 Å². The lowest BCUT2D eigenvalue weighted by atomic mass is 10.1. The summed E-state index contributed by atoms with van der Waals surface area (Å²) in [6.45, 7) is 2.20. The summed E-state index contributed by atoms with van der Waals surface area (Å²) in [6, 6.07) is 8.68. The minimum absolute atomic E-state index is 0.413. The summed E-state index contributed by atoms with van der Waals surface area (Å²) in [6.07, 6.45) is -3.26. The maximum Gasteiger partial charge on any atom is 0.433 e. The van der Waals surface area contributed by atoms with Crippen molar-refractivity contribution in [3.05, 3.63) is 58.9 Å². The van der Waals surface area contributed by atoms with E-state index in [0.717, 1.165) is 30.9 Å². The average molecular weight is 293 g/mol. The van der Waals surface area contributed by atoms with Crippen LogP contribution in [0.5, 0.6) is 0 Å². The second-order valence-electron chi connectivity index (χ2n) is 4.99. The normalized spacial score (nSPS) is 14.0. The van der Waals surface area contributed by atoms with Gasteiger partial charge in [-0.1, -0.05) is 18.2 Å². The second-order valence-corrected chi connectivity index (χ2v) is 4.99. The fourth-order valence-electron chi connectivity index (χ4n) is 2.36. The molecule has 1 aliphatic rings. The molecule has 0 atom stereocenters. The highest BCUT2D eigenvalue weighted by molar-refractivity contribution is 5.45. The maximum absolute atomic E-state index is 12.6. The predicted molar refractivity (Wildman–Crippen MR) is 73.6 cm³/mol. The molecule has 1 aromatic heterocycles. The van der Waals surface area contributed by atoms with Crippen LogP contribution in [0.2, 0.25) is 0 Å². The first-order valence-corrected chi connectivity index (χ1v) is 6.61. The van der Waals surface area contributed by atoms with Crippen molar-refractivity contribution >= 4 is 5.69 Å². The number of benzene rings is 1. The molecule has 21 heavy (non-hydrogen) atoms. The molecule has 2 N–H and O–H groups in total. The third kappa shape index (κ3) is 3.16. The van der Waals surface area contributed by atoms with Crippen LogP contribution in [0.25, 0.3) is 0 Å². The van der Waals surface area contributed by atoms with Gasteiger partial charge in [0, 0.05) is 31.5 Å². The molecule has 6 heteroatoms. The summed E-state index contributed by atoms with van der Waals surface area (Å²) in [7, 11) is 0. The van der Waals surface area contributed by atoms with Gasteiger partial charge in [0.25, 0.3) is 0 Å². The fraction of sp³-hybridized carbons (Fsp3) is 0.267. The first kappa shape index (κ1) is 13.9. The number of nitrogens with one attached hydrogen (secondary N) is 2. The Morgan fingerprint density at radius 3 is 2.71 bits per heavy atom. The molecule has 1 aromatic carbocycles. The number of hydrogen-bond acceptors (Lipinski definition) is 3. The number of anilines is 1. The number of hydrogen-bond donors (Lipinski definition) is 2. The summed E-state index contributed by atoms with van der Waals surface area (Å²) in [5.74, 6) is 0. The predicted octanol–water partition coefficient (Wildman–Crippen LogP) is 3.32. The number of fused-ring (bicyclic) bond motifs is 1. The van der Waals surface area contributed by atoms with Crippen LogP contribution in [0, 0.1) is 0 Å². The number of aromatic nitrogens is 1. The molecular formula is C15H14F3N3. The van der Waals surface area contributed by atoms with E-state index >= 15 is 0 Å². The van der Waals surface area contributed by atoms with Crippen LogP contribution < -0.4 is 10.6 Å². The van der Waals surface area contributed by atoms with Crippen LogP contribution in [-0.4, -0.2) is 4.98 Å². The molecule has 0 radical (unpaired) electrons. The molecule has 3 rings (SSSR count). The summed E-state index contributed by atoms with van der Waals surface area (Å²) in [4.78, 5) is 3.34. The fourth-order valence-corrected chi connectivity index (χ4v) is 2.36. The smallest absolute Gasteiger partial charge is 0.381 e. The van der Waals surface area contributed by atoms with Crippen LogP contribution in [0.4, 0.5) is 18.9 Å².